The molecule has 5 nitrogen and oxygen atoms in total. The molecule has 2 amide bonds. The van der Waals surface area contributed by atoms with Crippen LogP contribution in [-0.2, 0) is 0 Å². The fourth-order valence-corrected chi connectivity index (χ4v) is 1.87. The Morgan fingerprint density at radius 2 is 1.90 bits per heavy atom. The van der Waals surface area contributed by atoms with Gasteiger partial charge in [-0.3, -0.25) is 0 Å². The van der Waals surface area contributed by atoms with Crippen molar-refractivity contribution in [1.82, 2.24) is 5.32 Å². The van der Waals surface area contributed by atoms with E-state index in [2.05, 4.69) is 10.6 Å². The first kappa shape index (κ1) is 16.7. The normalized spacial score (nSPS) is 12.7. The van der Waals surface area contributed by atoms with Crippen LogP contribution in [0, 0.1) is 8.99 Å². The van der Waals surface area contributed by atoms with Gasteiger partial charge in [-0.05, 0) is 53.1 Å². The van der Waals surface area contributed by atoms with E-state index in [0.717, 1.165) is 3.57 Å². The standard InChI is InChI=1S/C14H19IN2O3/c1-8(14(2,3)4)16-13(20)17-11-6-5-9(15)7-10(11)12(18)19/h5-8H,1-4H3,(H,18,19)(H2,16,17,20). The van der Waals surface area contributed by atoms with Crippen molar-refractivity contribution in [1.29, 1.82) is 0 Å². The lowest BCUT2D eigenvalue weighted by atomic mass is 9.88. The van der Waals surface area contributed by atoms with Crippen molar-refractivity contribution >= 4 is 40.3 Å². The first-order valence-corrected chi connectivity index (χ1v) is 7.29. The SMILES string of the molecule is CC(NC(=O)Nc1ccc(I)cc1C(=O)O)C(C)(C)C. The smallest absolute Gasteiger partial charge is 0.337 e. The number of hydrogen-bond donors (Lipinski definition) is 3. The van der Waals surface area contributed by atoms with Crippen LogP contribution in [0.4, 0.5) is 10.5 Å². The molecule has 1 rings (SSSR count). The van der Waals surface area contributed by atoms with E-state index in [0.29, 0.717) is 0 Å². The number of anilines is 1. The molecule has 0 aliphatic carbocycles. The number of rotatable bonds is 3. The summed E-state index contributed by atoms with van der Waals surface area (Å²) in [6, 6.07) is 4.41. The Balaban J connectivity index is 2.84. The molecule has 0 aromatic heterocycles. The quantitative estimate of drug-likeness (QED) is 0.691. The number of hydrogen-bond acceptors (Lipinski definition) is 2. The molecule has 0 saturated heterocycles. The third-order valence-corrected chi connectivity index (χ3v) is 3.78. The number of halogens is 1. The van der Waals surface area contributed by atoms with Gasteiger partial charge in [0.2, 0.25) is 0 Å². The number of nitrogens with one attached hydrogen (secondary N) is 2. The minimum absolute atomic E-state index is 0.0420. The van der Waals surface area contributed by atoms with Gasteiger partial charge in [0, 0.05) is 9.61 Å². The molecule has 1 unspecified atom stereocenters. The topological polar surface area (TPSA) is 78.4 Å². The van der Waals surface area contributed by atoms with E-state index in [9.17, 15) is 9.59 Å². The number of aromatic carboxylic acids is 1. The average molecular weight is 390 g/mol. The summed E-state index contributed by atoms with van der Waals surface area (Å²) in [4.78, 5) is 23.1. The second-order valence-electron chi connectivity index (χ2n) is 5.68. The molecule has 0 heterocycles. The van der Waals surface area contributed by atoms with Gasteiger partial charge in [0.05, 0.1) is 11.3 Å². The highest BCUT2D eigenvalue weighted by atomic mass is 127. The molecule has 6 heteroatoms. The molecule has 0 aliphatic heterocycles. The van der Waals surface area contributed by atoms with Crippen molar-refractivity contribution in [3.8, 4) is 0 Å². The number of urea groups is 1. The van der Waals surface area contributed by atoms with Crippen molar-refractivity contribution in [2.75, 3.05) is 5.32 Å². The largest absolute Gasteiger partial charge is 0.478 e. The predicted octanol–water partition coefficient (Wildman–Crippen LogP) is 3.55. The highest BCUT2D eigenvalue weighted by Gasteiger charge is 2.22. The summed E-state index contributed by atoms with van der Waals surface area (Å²) < 4.78 is 0.800. The van der Waals surface area contributed by atoms with E-state index < -0.39 is 12.0 Å². The van der Waals surface area contributed by atoms with Gasteiger partial charge in [-0.1, -0.05) is 20.8 Å². The van der Waals surface area contributed by atoms with Crippen LogP contribution in [0.25, 0.3) is 0 Å². The second-order valence-corrected chi connectivity index (χ2v) is 6.93. The third kappa shape index (κ3) is 4.66. The highest BCUT2D eigenvalue weighted by Crippen LogP contribution is 2.20. The Kier molecular flexibility index (Phi) is 5.38. The number of carboxylic acids is 1. The van der Waals surface area contributed by atoms with E-state index in [1.165, 1.54) is 6.07 Å². The minimum Gasteiger partial charge on any atom is -0.478 e. The van der Waals surface area contributed by atoms with Gasteiger partial charge >= 0.3 is 12.0 Å². The van der Waals surface area contributed by atoms with Crippen LogP contribution >= 0.6 is 22.6 Å². The molecule has 0 radical (unpaired) electrons. The second kappa shape index (κ2) is 6.43. The highest BCUT2D eigenvalue weighted by molar-refractivity contribution is 14.1. The van der Waals surface area contributed by atoms with Crippen LogP contribution in [0.5, 0.6) is 0 Å². The molecule has 0 spiro atoms. The molecule has 3 N–H and O–H groups in total. The lowest BCUT2D eigenvalue weighted by Gasteiger charge is -2.28. The van der Waals surface area contributed by atoms with Gasteiger partial charge in [-0.15, -0.1) is 0 Å². The fourth-order valence-electron chi connectivity index (χ4n) is 1.37. The maximum atomic E-state index is 11.9. The lowest BCUT2D eigenvalue weighted by Crippen LogP contribution is -2.43. The summed E-state index contributed by atoms with van der Waals surface area (Å²) in [5.74, 6) is -1.07. The molecular formula is C14H19IN2O3. The van der Waals surface area contributed by atoms with Gasteiger partial charge in [0.15, 0.2) is 0 Å². The number of benzene rings is 1. The van der Waals surface area contributed by atoms with E-state index >= 15 is 0 Å². The molecule has 1 aromatic carbocycles. The maximum absolute atomic E-state index is 11.9. The van der Waals surface area contributed by atoms with Crippen LogP contribution in [-0.4, -0.2) is 23.1 Å². The first-order valence-electron chi connectivity index (χ1n) is 6.21. The van der Waals surface area contributed by atoms with Crippen molar-refractivity contribution in [3.63, 3.8) is 0 Å². The molecule has 1 atom stereocenters. The summed E-state index contributed by atoms with van der Waals surface area (Å²) in [5.41, 5.74) is 0.297. The van der Waals surface area contributed by atoms with Crippen LogP contribution < -0.4 is 10.6 Å². The maximum Gasteiger partial charge on any atom is 0.337 e. The van der Waals surface area contributed by atoms with Crippen molar-refractivity contribution in [2.24, 2.45) is 5.41 Å². The van der Waals surface area contributed by atoms with Crippen LogP contribution in [0.1, 0.15) is 38.1 Å². The summed E-state index contributed by atoms with van der Waals surface area (Å²) in [5, 5.41) is 14.5. The monoisotopic (exact) mass is 390 g/mol. The van der Waals surface area contributed by atoms with Crippen molar-refractivity contribution < 1.29 is 14.7 Å². The van der Waals surface area contributed by atoms with Crippen molar-refractivity contribution in [2.45, 2.75) is 33.7 Å². The number of amides is 2. The van der Waals surface area contributed by atoms with E-state index in [4.69, 9.17) is 5.11 Å². The van der Waals surface area contributed by atoms with E-state index in [1.54, 1.807) is 12.1 Å². The summed E-state index contributed by atoms with van der Waals surface area (Å²) in [6.45, 7) is 7.97. The van der Waals surface area contributed by atoms with E-state index in [1.807, 2.05) is 50.3 Å². The Morgan fingerprint density at radius 3 is 2.40 bits per heavy atom. The van der Waals surface area contributed by atoms with Crippen LogP contribution in [0.2, 0.25) is 0 Å². The molecule has 110 valence electrons. The lowest BCUT2D eigenvalue weighted by molar-refractivity contribution is 0.0698. The zero-order chi connectivity index (χ0) is 15.5. The molecule has 0 aliphatic rings. The van der Waals surface area contributed by atoms with Crippen LogP contribution in [0.3, 0.4) is 0 Å². The van der Waals surface area contributed by atoms with Gasteiger partial charge in [-0.2, -0.15) is 0 Å². The Morgan fingerprint density at radius 1 is 1.30 bits per heavy atom. The first-order chi connectivity index (χ1) is 9.11. The number of carbonyl (C=O) groups is 2. The number of carboxylic acid groups (broad SMARTS) is 1. The molecular weight excluding hydrogens is 371 g/mol. The zero-order valence-corrected chi connectivity index (χ0v) is 14.1. The van der Waals surface area contributed by atoms with Gasteiger partial charge in [0.1, 0.15) is 0 Å². The predicted molar refractivity (Wildman–Crippen MR) is 87.2 cm³/mol. The summed E-state index contributed by atoms with van der Waals surface area (Å²) in [7, 11) is 0. The molecule has 0 fully saturated rings. The van der Waals surface area contributed by atoms with Crippen molar-refractivity contribution in [3.05, 3.63) is 27.3 Å². The fraction of sp³-hybridized carbons (Fsp3) is 0.429. The average Bonchev–Trinajstić information content (AvgIpc) is 2.29. The Labute approximate surface area is 132 Å². The molecule has 1 aromatic rings. The molecule has 0 saturated carbocycles. The molecule has 20 heavy (non-hydrogen) atoms. The van der Waals surface area contributed by atoms with Crippen LogP contribution in [0.15, 0.2) is 18.2 Å². The zero-order valence-electron chi connectivity index (χ0n) is 12.0. The number of carbonyl (C=O) groups excluding carboxylic acids is 1. The van der Waals surface area contributed by atoms with Gasteiger partial charge in [0.25, 0.3) is 0 Å². The summed E-state index contributed by atoms with van der Waals surface area (Å²) in [6.07, 6.45) is 0. The Hall–Kier alpha value is -1.31. The van der Waals surface area contributed by atoms with E-state index in [-0.39, 0.29) is 22.7 Å². The summed E-state index contributed by atoms with van der Waals surface area (Å²) >= 11 is 2.03. The minimum atomic E-state index is -1.07. The third-order valence-electron chi connectivity index (χ3n) is 3.11. The van der Waals surface area contributed by atoms with Gasteiger partial charge < -0.3 is 15.7 Å². The Bertz CT molecular complexity index is 524. The van der Waals surface area contributed by atoms with Gasteiger partial charge in [-0.25, -0.2) is 9.59 Å². The molecule has 0 bridgehead atoms.